The van der Waals surface area contributed by atoms with E-state index in [-0.39, 0.29) is 5.91 Å². The van der Waals surface area contributed by atoms with Crippen molar-refractivity contribution in [1.29, 1.82) is 0 Å². The average molecular weight is 379 g/mol. The van der Waals surface area contributed by atoms with E-state index in [1.807, 2.05) is 24.3 Å². The highest BCUT2D eigenvalue weighted by Gasteiger charge is 2.19. The summed E-state index contributed by atoms with van der Waals surface area (Å²) in [7, 11) is 0. The molecule has 0 bridgehead atoms. The van der Waals surface area contributed by atoms with Gasteiger partial charge in [0.05, 0.1) is 5.57 Å². The van der Waals surface area contributed by atoms with Gasteiger partial charge < -0.3 is 10.1 Å². The summed E-state index contributed by atoms with van der Waals surface area (Å²) in [5.41, 5.74) is 1.63. The lowest BCUT2D eigenvalue weighted by Crippen LogP contribution is -2.42. The molecule has 3 rings (SSSR count). The molecule has 0 unspecified atom stereocenters. The monoisotopic (exact) mass is 378 g/mol. The molecule has 1 aromatic carbocycles. The number of fused-ring (bicyclic) bond motifs is 1. The van der Waals surface area contributed by atoms with Gasteiger partial charge in [-0.2, -0.15) is 0 Å². The summed E-state index contributed by atoms with van der Waals surface area (Å²) in [5.74, 6) is 0.798. The number of nitrogens with zero attached hydrogens (tertiary/aromatic N) is 1. The molecule has 124 valence electrons. The Hall–Kier alpha value is -1.33. The number of amides is 1. The van der Waals surface area contributed by atoms with Crippen LogP contribution in [0.1, 0.15) is 31.7 Å². The number of nitrogens with one attached hydrogen (secondary N) is 1. The van der Waals surface area contributed by atoms with Crippen molar-refractivity contribution < 1.29 is 9.53 Å². The van der Waals surface area contributed by atoms with Crippen LogP contribution in [0, 0.1) is 0 Å². The number of likely N-dealkylation sites (tertiary alicyclic amines) is 1. The topological polar surface area (TPSA) is 41.6 Å². The number of hydrogen-bond donors (Lipinski definition) is 1. The zero-order valence-corrected chi connectivity index (χ0v) is 15.1. The van der Waals surface area contributed by atoms with Crippen LogP contribution in [0.15, 0.2) is 28.2 Å². The Balaban J connectivity index is 1.54. The summed E-state index contributed by atoms with van der Waals surface area (Å²) in [6.07, 6.45) is 5.77. The van der Waals surface area contributed by atoms with E-state index in [0.717, 1.165) is 28.9 Å². The first-order chi connectivity index (χ1) is 11.1. The molecule has 2 aliphatic heterocycles. The zero-order valence-electron chi connectivity index (χ0n) is 13.5. The fraction of sp³-hybridized carbons (Fsp3) is 0.500. The van der Waals surface area contributed by atoms with Crippen molar-refractivity contribution in [2.45, 2.75) is 32.2 Å². The number of rotatable bonds is 4. The van der Waals surface area contributed by atoms with Crippen LogP contribution >= 0.6 is 15.9 Å². The van der Waals surface area contributed by atoms with Crippen LogP contribution in [-0.4, -0.2) is 43.1 Å². The molecule has 0 aliphatic carbocycles. The Morgan fingerprint density at radius 2 is 2.30 bits per heavy atom. The maximum atomic E-state index is 12.3. The van der Waals surface area contributed by atoms with Crippen molar-refractivity contribution >= 4 is 27.9 Å². The molecule has 2 aliphatic rings. The van der Waals surface area contributed by atoms with E-state index >= 15 is 0 Å². The minimum atomic E-state index is -0.0275. The number of ether oxygens (including phenoxy) is 1. The van der Waals surface area contributed by atoms with Gasteiger partial charge in [-0.1, -0.05) is 22.4 Å². The summed E-state index contributed by atoms with van der Waals surface area (Å²) in [6, 6.07) is 6.46. The van der Waals surface area contributed by atoms with Crippen LogP contribution in [0.25, 0.3) is 6.08 Å². The van der Waals surface area contributed by atoms with E-state index in [4.69, 9.17) is 4.74 Å². The number of benzene rings is 1. The fourth-order valence-electron chi connectivity index (χ4n) is 3.20. The molecule has 1 atom stereocenters. The van der Waals surface area contributed by atoms with Gasteiger partial charge in [-0.3, -0.25) is 9.69 Å². The predicted molar refractivity (Wildman–Crippen MR) is 95.5 cm³/mol. The van der Waals surface area contributed by atoms with Crippen LogP contribution in [0.5, 0.6) is 5.75 Å². The molecular weight excluding hydrogens is 356 g/mol. The van der Waals surface area contributed by atoms with E-state index in [0.29, 0.717) is 24.8 Å². The molecule has 1 amide bonds. The van der Waals surface area contributed by atoms with Crippen molar-refractivity contribution in [2.75, 3.05) is 26.2 Å². The lowest BCUT2D eigenvalue weighted by molar-refractivity contribution is -0.117. The van der Waals surface area contributed by atoms with Gasteiger partial charge in [0.2, 0.25) is 0 Å². The summed E-state index contributed by atoms with van der Waals surface area (Å²) >= 11 is 3.45. The third kappa shape index (κ3) is 4.15. The molecular formula is C18H23BrN2O2. The van der Waals surface area contributed by atoms with Crippen molar-refractivity contribution in [3.8, 4) is 5.75 Å². The number of carbonyl (C=O) groups excluding carboxylic acids is 1. The first-order valence-corrected chi connectivity index (χ1v) is 9.08. The third-order valence-corrected chi connectivity index (χ3v) is 5.09. The summed E-state index contributed by atoms with van der Waals surface area (Å²) in [4.78, 5) is 14.8. The quantitative estimate of drug-likeness (QED) is 0.874. The van der Waals surface area contributed by atoms with Gasteiger partial charge in [0.1, 0.15) is 12.4 Å². The Morgan fingerprint density at radius 1 is 1.43 bits per heavy atom. The predicted octanol–water partition coefficient (Wildman–Crippen LogP) is 3.22. The molecule has 1 aromatic rings. The third-order valence-electron chi connectivity index (χ3n) is 4.60. The Bertz CT molecular complexity index is 615. The minimum absolute atomic E-state index is 0.0275. The summed E-state index contributed by atoms with van der Waals surface area (Å²) in [6.45, 7) is 5.35. The van der Waals surface area contributed by atoms with Gasteiger partial charge in [-0.05, 0) is 50.6 Å². The largest absolute Gasteiger partial charge is 0.488 e. The number of carbonyl (C=O) groups is 1. The van der Waals surface area contributed by atoms with Crippen molar-refractivity contribution in [3.63, 3.8) is 0 Å². The van der Waals surface area contributed by atoms with Gasteiger partial charge in [0.15, 0.2) is 0 Å². The second-order valence-corrected chi connectivity index (χ2v) is 7.19. The smallest absolute Gasteiger partial charge is 0.250 e. The second kappa shape index (κ2) is 7.49. The fourth-order valence-corrected chi connectivity index (χ4v) is 3.57. The van der Waals surface area contributed by atoms with Crippen molar-refractivity contribution in [1.82, 2.24) is 10.2 Å². The van der Waals surface area contributed by atoms with Crippen LogP contribution < -0.4 is 10.1 Å². The molecule has 1 fully saturated rings. The van der Waals surface area contributed by atoms with Crippen molar-refractivity contribution in [3.05, 3.63) is 33.8 Å². The molecule has 23 heavy (non-hydrogen) atoms. The van der Waals surface area contributed by atoms with E-state index in [9.17, 15) is 4.79 Å². The van der Waals surface area contributed by atoms with Crippen LogP contribution in [0.3, 0.4) is 0 Å². The Labute approximate surface area is 146 Å². The summed E-state index contributed by atoms with van der Waals surface area (Å²) in [5, 5.41) is 3.03. The van der Waals surface area contributed by atoms with Gasteiger partial charge in [-0.25, -0.2) is 0 Å². The number of piperidine rings is 1. The van der Waals surface area contributed by atoms with Crippen molar-refractivity contribution in [2.24, 2.45) is 0 Å². The van der Waals surface area contributed by atoms with E-state index in [1.54, 1.807) is 0 Å². The highest BCUT2D eigenvalue weighted by molar-refractivity contribution is 9.10. The molecule has 2 heterocycles. The Morgan fingerprint density at radius 3 is 3.13 bits per heavy atom. The molecule has 0 spiro atoms. The SMILES string of the molecule is C[C@@H]1CCCCN1CCNC(=O)C1=Cc2cc(Br)ccc2OC1. The summed E-state index contributed by atoms with van der Waals surface area (Å²) < 4.78 is 6.65. The number of hydrogen-bond acceptors (Lipinski definition) is 3. The normalized spacial score (nSPS) is 21.1. The molecule has 4 nitrogen and oxygen atoms in total. The lowest BCUT2D eigenvalue weighted by atomic mass is 10.0. The Kier molecular flexibility index (Phi) is 5.38. The maximum Gasteiger partial charge on any atom is 0.250 e. The van der Waals surface area contributed by atoms with E-state index in [1.165, 1.54) is 19.3 Å². The van der Waals surface area contributed by atoms with Crippen LogP contribution in [0.4, 0.5) is 0 Å². The van der Waals surface area contributed by atoms with E-state index in [2.05, 4.69) is 33.1 Å². The van der Waals surface area contributed by atoms with E-state index < -0.39 is 0 Å². The molecule has 0 aromatic heterocycles. The van der Waals surface area contributed by atoms with Gasteiger partial charge in [0, 0.05) is 29.2 Å². The van der Waals surface area contributed by atoms with Crippen LogP contribution in [-0.2, 0) is 4.79 Å². The van der Waals surface area contributed by atoms with Gasteiger partial charge in [0.25, 0.3) is 5.91 Å². The first-order valence-electron chi connectivity index (χ1n) is 8.28. The zero-order chi connectivity index (χ0) is 16.2. The maximum absolute atomic E-state index is 12.3. The molecule has 1 N–H and O–H groups in total. The van der Waals surface area contributed by atoms with Gasteiger partial charge in [-0.15, -0.1) is 0 Å². The van der Waals surface area contributed by atoms with Gasteiger partial charge >= 0.3 is 0 Å². The number of halogens is 1. The first kappa shape index (κ1) is 16.5. The standard InChI is InChI=1S/C18H23BrN2O2/c1-13-4-2-3-8-21(13)9-7-20-18(22)15-10-14-11-16(19)5-6-17(14)23-12-15/h5-6,10-11,13H,2-4,7-9,12H2,1H3,(H,20,22)/t13-/m1/s1. The molecule has 5 heteroatoms. The molecule has 0 saturated carbocycles. The second-order valence-electron chi connectivity index (χ2n) is 6.28. The average Bonchev–Trinajstić information content (AvgIpc) is 2.55. The molecule has 0 radical (unpaired) electrons. The highest BCUT2D eigenvalue weighted by Crippen LogP contribution is 2.29. The highest BCUT2D eigenvalue weighted by atomic mass is 79.9. The minimum Gasteiger partial charge on any atom is -0.488 e. The molecule has 1 saturated heterocycles. The lowest BCUT2D eigenvalue weighted by Gasteiger charge is -2.33. The van der Waals surface area contributed by atoms with Crippen LogP contribution in [0.2, 0.25) is 0 Å².